The number of pyridine rings is 1. The van der Waals surface area contributed by atoms with Gasteiger partial charge in [-0.25, -0.2) is 9.29 Å². The minimum atomic E-state index is -4.72. The van der Waals surface area contributed by atoms with Crippen molar-refractivity contribution in [2.45, 2.75) is 32.5 Å². The highest BCUT2D eigenvalue weighted by Crippen LogP contribution is 2.32. The molecule has 1 aromatic heterocycles. The largest absolute Gasteiger partial charge is 0.493 e. The third kappa shape index (κ3) is 5.56. The first kappa shape index (κ1) is 26.0. The topological polar surface area (TPSA) is 110 Å². The van der Waals surface area contributed by atoms with Crippen LogP contribution in [0.5, 0.6) is 11.5 Å². The Kier molecular flexibility index (Phi) is 7.38. The minimum Gasteiger partial charge on any atom is -0.493 e. The van der Waals surface area contributed by atoms with E-state index in [1.54, 1.807) is 19.9 Å². The molecular formula is C22H23F3N4O5S. The number of carbonyl (C=O) groups excluding carboxylic acids is 1. The lowest BCUT2D eigenvalue weighted by Gasteiger charge is -2.31. The molecule has 1 aliphatic rings. The number of halogens is 3. The molecule has 1 atom stereocenters. The molecule has 9 nitrogen and oxygen atoms in total. The summed E-state index contributed by atoms with van der Waals surface area (Å²) >= 11 is 0. The molecule has 0 saturated carbocycles. The van der Waals surface area contributed by atoms with Gasteiger partial charge in [-0.2, -0.15) is 21.6 Å². The second-order valence-electron chi connectivity index (χ2n) is 7.47. The predicted molar refractivity (Wildman–Crippen MR) is 123 cm³/mol. The number of methoxy groups -OCH3 is 2. The van der Waals surface area contributed by atoms with Gasteiger partial charge in [0.15, 0.2) is 11.5 Å². The molecule has 13 heteroatoms. The Hall–Kier alpha value is -3.61. The Labute approximate surface area is 200 Å². The van der Waals surface area contributed by atoms with Crippen molar-refractivity contribution in [1.29, 1.82) is 0 Å². The van der Waals surface area contributed by atoms with E-state index in [9.17, 15) is 26.4 Å². The average Bonchev–Trinajstić information content (AvgIpc) is 2.81. The van der Waals surface area contributed by atoms with Gasteiger partial charge in [-0.15, -0.1) is 4.40 Å². The fourth-order valence-electron chi connectivity index (χ4n) is 3.28. The molecule has 188 valence electrons. The standard InChI is InChI=1S/C22H23F3N4O5S/c1-5-13(2)29-16(21(30)27-20-8-6-7-19(26-20)22(23,24)25)12-15(28-35(29,31)32)14-9-10-17(33-3)18(11-14)34-4/h6-13H,5H2,1-4H3,(H,26,27,30)/t13-/m1/s1. The maximum atomic E-state index is 13.1. The summed E-state index contributed by atoms with van der Waals surface area (Å²) in [4.78, 5) is 16.6. The van der Waals surface area contributed by atoms with Gasteiger partial charge in [-0.05, 0) is 49.8 Å². The van der Waals surface area contributed by atoms with Crippen molar-refractivity contribution < 1.29 is 35.9 Å². The van der Waals surface area contributed by atoms with Crippen molar-refractivity contribution in [3.63, 3.8) is 0 Å². The van der Waals surface area contributed by atoms with E-state index in [1.807, 2.05) is 0 Å². The number of aromatic nitrogens is 1. The van der Waals surface area contributed by atoms with E-state index < -0.39 is 34.0 Å². The summed E-state index contributed by atoms with van der Waals surface area (Å²) in [5.41, 5.74) is -1.27. The number of allylic oxidation sites excluding steroid dienone is 1. The summed E-state index contributed by atoms with van der Waals surface area (Å²) in [6.45, 7) is 3.30. The number of amides is 1. The molecule has 0 aliphatic carbocycles. The monoisotopic (exact) mass is 512 g/mol. The molecule has 0 fully saturated rings. The first-order chi connectivity index (χ1) is 16.4. The highest BCUT2D eigenvalue weighted by molar-refractivity contribution is 7.88. The molecule has 0 saturated heterocycles. The van der Waals surface area contributed by atoms with Crippen LogP contribution in [0.3, 0.4) is 0 Å². The number of rotatable bonds is 7. The maximum Gasteiger partial charge on any atom is 0.433 e. The molecule has 0 spiro atoms. The number of benzene rings is 1. The van der Waals surface area contributed by atoms with Crippen LogP contribution in [-0.4, -0.2) is 49.6 Å². The smallest absolute Gasteiger partial charge is 0.433 e. The van der Waals surface area contributed by atoms with E-state index in [0.717, 1.165) is 16.4 Å². The van der Waals surface area contributed by atoms with Crippen molar-refractivity contribution in [2.75, 3.05) is 19.5 Å². The van der Waals surface area contributed by atoms with Gasteiger partial charge in [0.05, 0.1) is 19.9 Å². The zero-order valence-corrected chi connectivity index (χ0v) is 20.1. The second-order valence-corrected chi connectivity index (χ2v) is 8.94. The third-order valence-corrected chi connectivity index (χ3v) is 6.64. The molecule has 1 N–H and O–H groups in total. The Morgan fingerprint density at radius 2 is 1.83 bits per heavy atom. The molecule has 2 heterocycles. The molecule has 1 aliphatic heterocycles. The van der Waals surface area contributed by atoms with Crippen molar-refractivity contribution in [3.8, 4) is 11.5 Å². The number of hydrogen-bond acceptors (Lipinski definition) is 6. The lowest BCUT2D eigenvalue weighted by atomic mass is 10.1. The van der Waals surface area contributed by atoms with Crippen molar-refractivity contribution >= 4 is 27.6 Å². The highest BCUT2D eigenvalue weighted by atomic mass is 32.2. The fraction of sp³-hybridized carbons (Fsp3) is 0.318. The highest BCUT2D eigenvalue weighted by Gasteiger charge is 2.37. The van der Waals surface area contributed by atoms with Gasteiger partial charge in [0, 0.05) is 11.6 Å². The number of anilines is 1. The number of ether oxygens (including phenoxy) is 2. The van der Waals surface area contributed by atoms with Gasteiger partial charge in [0.25, 0.3) is 5.91 Å². The van der Waals surface area contributed by atoms with E-state index in [4.69, 9.17) is 9.47 Å². The van der Waals surface area contributed by atoms with Gasteiger partial charge < -0.3 is 14.8 Å². The summed E-state index contributed by atoms with van der Waals surface area (Å²) in [7, 11) is -1.52. The minimum absolute atomic E-state index is 0.0624. The summed E-state index contributed by atoms with van der Waals surface area (Å²) < 4.78 is 80.4. The molecule has 0 bridgehead atoms. The summed E-state index contributed by atoms with van der Waals surface area (Å²) in [5, 5.41) is 2.26. The molecule has 1 amide bonds. The van der Waals surface area contributed by atoms with E-state index in [-0.39, 0.29) is 17.2 Å². The molecule has 1 aromatic carbocycles. The molecule has 2 aromatic rings. The number of alkyl halides is 3. The van der Waals surface area contributed by atoms with Gasteiger partial charge in [-0.3, -0.25) is 4.79 Å². The zero-order chi connectivity index (χ0) is 26.0. The molecule has 35 heavy (non-hydrogen) atoms. The maximum absolute atomic E-state index is 13.1. The van der Waals surface area contributed by atoms with Gasteiger partial charge in [-0.1, -0.05) is 13.0 Å². The first-order valence-corrected chi connectivity index (χ1v) is 11.7. The Balaban J connectivity index is 2.07. The van der Waals surface area contributed by atoms with Crippen LogP contribution in [-0.2, 0) is 21.2 Å². The summed E-state index contributed by atoms with van der Waals surface area (Å²) in [5.74, 6) is -0.646. The van der Waals surface area contributed by atoms with E-state index >= 15 is 0 Å². The average molecular weight is 513 g/mol. The van der Waals surface area contributed by atoms with Crippen molar-refractivity contribution in [1.82, 2.24) is 9.29 Å². The lowest BCUT2D eigenvalue weighted by molar-refractivity contribution is -0.141. The van der Waals surface area contributed by atoms with Crippen LogP contribution in [0.1, 0.15) is 31.5 Å². The van der Waals surface area contributed by atoms with Crippen molar-refractivity contribution in [3.05, 3.63) is 59.4 Å². The normalized spacial score (nSPS) is 16.1. The first-order valence-electron chi connectivity index (χ1n) is 10.3. The summed E-state index contributed by atoms with van der Waals surface area (Å²) in [6, 6.07) is 6.92. The van der Waals surface area contributed by atoms with Gasteiger partial charge in [0.2, 0.25) is 0 Å². The van der Waals surface area contributed by atoms with E-state index in [0.29, 0.717) is 23.5 Å². The number of nitrogens with one attached hydrogen (secondary N) is 1. The molecule has 3 rings (SSSR count). The second kappa shape index (κ2) is 9.94. The quantitative estimate of drug-likeness (QED) is 0.605. The van der Waals surface area contributed by atoms with Crippen LogP contribution in [0.25, 0.3) is 0 Å². The SMILES string of the molecule is CC[C@@H](C)N1C(C(=O)Nc2cccc(C(F)(F)F)n2)=CC(c2ccc(OC)c(OC)c2)=NS1(=O)=O. The Bertz CT molecular complexity index is 1290. The van der Waals surface area contributed by atoms with Crippen LogP contribution >= 0.6 is 0 Å². The lowest BCUT2D eigenvalue weighted by Crippen LogP contribution is -2.43. The Morgan fingerprint density at radius 1 is 1.14 bits per heavy atom. The molecular weight excluding hydrogens is 489 g/mol. The van der Waals surface area contributed by atoms with Gasteiger partial charge in [0.1, 0.15) is 17.2 Å². The van der Waals surface area contributed by atoms with Crippen LogP contribution in [0.4, 0.5) is 19.0 Å². The molecule has 0 radical (unpaired) electrons. The van der Waals surface area contributed by atoms with Crippen LogP contribution < -0.4 is 14.8 Å². The van der Waals surface area contributed by atoms with Crippen LogP contribution in [0, 0.1) is 0 Å². The van der Waals surface area contributed by atoms with E-state index in [2.05, 4.69) is 14.7 Å². The summed E-state index contributed by atoms with van der Waals surface area (Å²) in [6.07, 6.45) is -3.13. The van der Waals surface area contributed by atoms with E-state index in [1.165, 1.54) is 38.5 Å². The number of nitrogens with zero attached hydrogens (tertiary/aromatic N) is 3. The zero-order valence-electron chi connectivity index (χ0n) is 19.3. The van der Waals surface area contributed by atoms with Crippen molar-refractivity contribution in [2.24, 2.45) is 4.40 Å². The van der Waals surface area contributed by atoms with Crippen LogP contribution in [0.15, 0.2) is 52.6 Å². The number of carbonyl (C=O) groups is 1. The van der Waals surface area contributed by atoms with Gasteiger partial charge >= 0.3 is 16.4 Å². The number of hydrogen-bond donors (Lipinski definition) is 1. The molecule has 0 unspecified atom stereocenters. The Morgan fingerprint density at radius 3 is 2.43 bits per heavy atom. The third-order valence-electron chi connectivity index (χ3n) is 5.16. The fourth-order valence-corrected chi connectivity index (χ4v) is 4.77. The predicted octanol–water partition coefficient (Wildman–Crippen LogP) is 3.79. The van der Waals surface area contributed by atoms with Crippen LogP contribution in [0.2, 0.25) is 0 Å².